The van der Waals surface area contributed by atoms with Crippen molar-refractivity contribution in [1.29, 1.82) is 0 Å². The number of halogens is 2. The van der Waals surface area contributed by atoms with Gasteiger partial charge in [0.25, 0.3) is 0 Å². The van der Waals surface area contributed by atoms with Crippen molar-refractivity contribution in [3.63, 3.8) is 0 Å². The molecule has 2 aromatic rings. The van der Waals surface area contributed by atoms with Gasteiger partial charge in [0.05, 0.1) is 0 Å². The average molecular weight is 416 g/mol. The van der Waals surface area contributed by atoms with E-state index in [2.05, 4.69) is 75.8 Å². The molecule has 0 bridgehead atoms. The average Bonchev–Trinajstić information content (AvgIpc) is 2.32. The molecule has 2 N–H and O–H groups in total. The van der Waals surface area contributed by atoms with Gasteiger partial charge in [0.2, 0.25) is 0 Å². The molecule has 0 radical (unpaired) electrons. The van der Waals surface area contributed by atoms with Gasteiger partial charge in [-0.15, -0.1) is 0 Å². The van der Waals surface area contributed by atoms with Gasteiger partial charge in [-0.3, -0.25) is 0 Å². The lowest BCUT2D eigenvalue weighted by Crippen LogP contribution is -2.35. The lowest BCUT2D eigenvalue weighted by molar-refractivity contribution is 0.489. The van der Waals surface area contributed by atoms with Crippen LogP contribution >= 0.6 is 38.5 Å². The molecule has 0 aliphatic carbocycles. The molecule has 0 saturated heterocycles. The van der Waals surface area contributed by atoms with Gasteiger partial charge >= 0.3 is 0 Å². The lowest BCUT2D eigenvalue weighted by atomic mass is 9.87. The summed E-state index contributed by atoms with van der Waals surface area (Å²) in [6.45, 7) is 2.07. The molecule has 1 unspecified atom stereocenters. The summed E-state index contributed by atoms with van der Waals surface area (Å²) in [5, 5.41) is 0. The first-order chi connectivity index (χ1) is 8.49. The van der Waals surface area contributed by atoms with Gasteiger partial charge in [0.15, 0.2) is 0 Å². The van der Waals surface area contributed by atoms with Crippen LogP contribution in [0.5, 0.6) is 0 Å². The first kappa shape index (κ1) is 14.0. The van der Waals surface area contributed by atoms with Gasteiger partial charge in [0.1, 0.15) is 0 Å². The maximum Gasteiger partial charge on any atom is 0.0433 e. The van der Waals surface area contributed by atoms with Crippen molar-refractivity contribution in [1.82, 2.24) is 0 Å². The van der Waals surface area contributed by atoms with E-state index in [0.29, 0.717) is 0 Å². The van der Waals surface area contributed by atoms with Crippen molar-refractivity contribution in [3.8, 4) is 0 Å². The molecule has 0 fully saturated rings. The minimum Gasteiger partial charge on any atom is -0.321 e. The number of hydrogen-bond acceptors (Lipinski definition) is 1. The molecule has 0 aliphatic rings. The second kappa shape index (κ2) is 5.72. The molecule has 3 heteroatoms. The van der Waals surface area contributed by atoms with E-state index in [0.717, 1.165) is 16.5 Å². The second-order valence-electron chi connectivity index (χ2n) is 4.70. The summed E-state index contributed by atoms with van der Waals surface area (Å²) in [6.07, 6.45) is 0.826. The monoisotopic (exact) mass is 415 g/mol. The topological polar surface area (TPSA) is 26.0 Å². The Morgan fingerprint density at radius 1 is 1.11 bits per heavy atom. The zero-order valence-electron chi connectivity index (χ0n) is 10.2. The third-order valence-corrected chi connectivity index (χ3v) is 4.38. The maximum atomic E-state index is 6.48. The first-order valence-corrected chi connectivity index (χ1v) is 7.64. The molecule has 1 nitrogen and oxygen atoms in total. The Kier molecular flexibility index (Phi) is 4.45. The maximum absolute atomic E-state index is 6.48. The van der Waals surface area contributed by atoms with E-state index in [1.165, 1.54) is 9.13 Å². The standard InChI is InChI=1S/C15H15BrIN/c1-15(18,13-4-2-3-5-14(13)16)10-11-6-8-12(17)9-7-11/h2-9H,10,18H2,1H3. The molecule has 0 saturated carbocycles. The SMILES string of the molecule is CC(N)(Cc1ccc(I)cc1)c1ccccc1Br. The Morgan fingerprint density at radius 3 is 2.33 bits per heavy atom. The number of hydrogen-bond donors (Lipinski definition) is 1. The van der Waals surface area contributed by atoms with E-state index < -0.39 is 0 Å². The van der Waals surface area contributed by atoms with Crippen LogP contribution in [0.25, 0.3) is 0 Å². The summed E-state index contributed by atoms with van der Waals surface area (Å²) >= 11 is 5.89. The number of rotatable bonds is 3. The van der Waals surface area contributed by atoms with Crippen LogP contribution in [0.1, 0.15) is 18.1 Å². The fraction of sp³-hybridized carbons (Fsp3) is 0.200. The van der Waals surface area contributed by atoms with Gasteiger partial charge in [-0.1, -0.05) is 46.3 Å². The molecule has 0 spiro atoms. The molecular formula is C15H15BrIN. The van der Waals surface area contributed by atoms with E-state index in [9.17, 15) is 0 Å². The number of nitrogens with two attached hydrogens (primary N) is 1. The molecule has 0 heterocycles. The highest BCUT2D eigenvalue weighted by molar-refractivity contribution is 14.1. The van der Waals surface area contributed by atoms with Crippen molar-refractivity contribution >= 4 is 38.5 Å². The van der Waals surface area contributed by atoms with Crippen LogP contribution in [-0.4, -0.2) is 0 Å². The van der Waals surface area contributed by atoms with Crippen LogP contribution in [0.15, 0.2) is 53.0 Å². The zero-order chi connectivity index (χ0) is 13.2. The van der Waals surface area contributed by atoms with Crippen molar-refractivity contribution in [3.05, 3.63) is 67.7 Å². The van der Waals surface area contributed by atoms with E-state index >= 15 is 0 Å². The minimum absolute atomic E-state index is 0.368. The van der Waals surface area contributed by atoms with Gasteiger partial charge in [-0.25, -0.2) is 0 Å². The molecule has 0 aliphatic heterocycles. The molecule has 2 rings (SSSR count). The van der Waals surface area contributed by atoms with Crippen molar-refractivity contribution in [2.45, 2.75) is 18.9 Å². The van der Waals surface area contributed by atoms with E-state index in [1.807, 2.05) is 18.2 Å². The Hall–Kier alpha value is -0.390. The highest BCUT2D eigenvalue weighted by Gasteiger charge is 2.23. The lowest BCUT2D eigenvalue weighted by Gasteiger charge is -2.26. The second-order valence-corrected chi connectivity index (χ2v) is 6.80. The number of benzene rings is 2. The highest BCUT2D eigenvalue weighted by atomic mass is 127. The third kappa shape index (κ3) is 3.33. The van der Waals surface area contributed by atoms with Crippen molar-refractivity contribution in [2.75, 3.05) is 0 Å². The fourth-order valence-electron chi connectivity index (χ4n) is 2.05. The predicted octanol–water partition coefficient (Wildman–Crippen LogP) is 4.47. The predicted molar refractivity (Wildman–Crippen MR) is 88.5 cm³/mol. The minimum atomic E-state index is -0.368. The van der Waals surface area contributed by atoms with Crippen LogP contribution in [0, 0.1) is 3.57 Å². The summed E-state index contributed by atoms with van der Waals surface area (Å²) in [7, 11) is 0. The van der Waals surface area contributed by atoms with E-state index in [4.69, 9.17) is 5.73 Å². The van der Waals surface area contributed by atoms with Gasteiger partial charge < -0.3 is 5.73 Å². The van der Waals surface area contributed by atoms with Crippen molar-refractivity contribution in [2.24, 2.45) is 5.73 Å². The van der Waals surface area contributed by atoms with Gasteiger partial charge in [-0.05, 0) is 65.3 Å². The van der Waals surface area contributed by atoms with E-state index in [-0.39, 0.29) is 5.54 Å². The van der Waals surface area contributed by atoms with Crippen molar-refractivity contribution < 1.29 is 0 Å². The normalized spacial score (nSPS) is 14.2. The summed E-state index contributed by atoms with van der Waals surface area (Å²) in [4.78, 5) is 0. The smallest absolute Gasteiger partial charge is 0.0433 e. The highest BCUT2D eigenvalue weighted by Crippen LogP contribution is 2.29. The Morgan fingerprint density at radius 2 is 1.72 bits per heavy atom. The van der Waals surface area contributed by atoms with Crippen LogP contribution in [0.2, 0.25) is 0 Å². The van der Waals surface area contributed by atoms with Crippen LogP contribution in [0.4, 0.5) is 0 Å². The Bertz CT molecular complexity index is 534. The largest absolute Gasteiger partial charge is 0.321 e. The molecule has 0 amide bonds. The molecule has 2 aromatic carbocycles. The summed E-state index contributed by atoms with van der Waals surface area (Å²) in [5.41, 5.74) is 8.51. The van der Waals surface area contributed by atoms with Crippen LogP contribution in [-0.2, 0) is 12.0 Å². The Balaban J connectivity index is 2.27. The third-order valence-electron chi connectivity index (χ3n) is 2.97. The fourth-order valence-corrected chi connectivity index (χ4v) is 3.14. The van der Waals surface area contributed by atoms with E-state index in [1.54, 1.807) is 0 Å². The van der Waals surface area contributed by atoms with Gasteiger partial charge in [-0.2, -0.15) is 0 Å². The summed E-state index contributed by atoms with van der Waals surface area (Å²) in [5.74, 6) is 0. The first-order valence-electron chi connectivity index (χ1n) is 5.77. The molecule has 0 aromatic heterocycles. The quantitative estimate of drug-likeness (QED) is 0.735. The van der Waals surface area contributed by atoms with Gasteiger partial charge in [0, 0.05) is 13.6 Å². The van der Waals surface area contributed by atoms with Crippen LogP contribution in [0.3, 0.4) is 0 Å². The molecule has 18 heavy (non-hydrogen) atoms. The van der Waals surface area contributed by atoms with Crippen LogP contribution < -0.4 is 5.73 Å². The molecule has 94 valence electrons. The zero-order valence-corrected chi connectivity index (χ0v) is 13.9. The summed E-state index contributed by atoms with van der Waals surface area (Å²) < 4.78 is 2.32. The Labute approximate surface area is 130 Å². The molecular weight excluding hydrogens is 401 g/mol. The molecule has 1 atom stereocenters. The summed E-state index contributed by atoms with van der Waals surface area (Å²) in [6, 6.07) is 16.7.